The van der Waals surface area contributed by atoms with Crippen LogP contribution in [0.4, 0.5) is 5.69 Å². The summed E-state index contributed by atoms with van der Waals surface area (Å²) in [6.45, 7) is 5.36. The third-order valence-electron chi connectivity index (χ3n) is 4.42. The molecule has 2 fully saturated rings. The molecule has 0 amide bonds. The van der Waals surface area contributed by atoms with Gasteiger partial charge in [-0.2, -0.15) is 0 Å². The van der Waals surface area contributed by atoms with Crippen molar-refractivity contribution in [1.82, 2.24) is 4.90 Å². The smallest absolute Gasteiger partial charge is 0.0459 e. The van der Waals surface area contributed by atoms with E-state index in [0.29, 0.717) is 6.54 Å². The minimum absolute atomic E-state index is 0.653. The first-order chi connectivity index (χ1) is 9.29. The summed E-state index contributed by atoms with van der Waals surface area (Å²) in [5.41, 5.74) is 8.24. The molecule has 3 rings (SSSR count). The van der Waals surface area contributed by atoms with Gasteiger partial charge in [0.25, 0.3) is 0 Å². The summed E-state index contributed by atoms with van der Waals surface area (Å²) in [5, 5.41) is 0.858. The van der Waals surface area contributed by atoms with Crippen LogP contribution in [0.2, 0.25) is 5.02 Å². The van der Waals surface area contributed by atoms with Crippen LogP contribution in [-0.4, -0.2) is 43.7 Å². The lowest BCUT2D eigenvalue weighted by Gasteiger charge is -2.39. The Morgan fingerprint density at radius 3 is 3.00 bits per heavy atom. The van der Waals surface area contributed by atoms with E-state index in [-0.39, 0.29) is 0 Å². The largest absolute Gasteiger partial charge is 0.368 e. The molecule has 4 heteroatoms. The van der Waals surface area contributed by atoms with Crippen LogP contribution in [0.15, 0.2) is 18.2 Å². The van der Waals surface area contributed by atoms with E-state index in [4.69, 9.17) is 17.3 Å². The maximum atomic E-state index is 6.35. The number of fused-ring (bicyclic) bond motifs is 1. The molecule has 2 N–H and O–H groups in total. The van der Waals surface area contributed by atoms with Gasteiger partial charge in [-0.05, 0) is 50.0 Å². The number of hydrogen-bond donors (Lipinski definition) is 1. The molecule has 2 heterocycles. The number of piperazine rings is 1. The molecule has 2 aliphatic heterocycles. The number of halogens is 1. The van der Waals surface area contributed by atoms with Crippen LogP contribution in [-0.2, 0) is 6.42 Å². The second-order valence-corrected chi connectivity index (χ2v) is 5.96. The first-order valence-corrected chi connectivity index (χ1v) is 7.64. The summed E-state index contributed by atoms with van der Waals surface area (Å²) in [6, 6.07) is 6.96. The van der Waals surface area contributed by atoms with Gasteiger partial charge in [-0.1, -0.05) is 17.7 Å². The van der Waals surface area contributed by atoms with Crippen LogP contribution in [0.25, 0.3) is 0 Å². The standard InChI is InChI=1S/C15H22ClN3/c16-14-4-1-5-15(13(14)6-7-17)19-10-9-18-8-2-3-12(18)11-19/h1,4-5,12H,2-3,6-11,17H2. The summed E-state index contributed by atoms with van der Waals surface area (Å²) in [4.78, 5) is 5.13. The lowest BCUT2D eigenvalue weighted by Crippen LogP contribution is -2.50. The van der Waals surface area contributed by atoms with E-state index in [1.165, 1.54) is 37.2 Å². The van der Waals surface area contributed by atoms with Crippen LogP contribution in [0.3, 0.4) is 0 Å². The highest BCUT2D eigenvalue weighted by molar-refractivity contribution is 6.31. The number of anilines is 1. The second kappa shape index (κ2) is 5.70. The molecule has 0 saturated carbocycles. The molecule has 1 unspecified atom stereocenters. The van der Waals surface area contributed by atoms with Gasteiger partial charge < -0.3 is 10.6 Å². The van der Waals surface area contributed by atoms with Crippen molar-refractivity contribution < 1.29 is 0 Å². The van der Waals surface area contributed by atoms with Gasteiger partial charge in [-0.3, -0.25) is 4.90 Å². The van der Waals surface area contributed by atoms with Crippen molar-refractivity contribution in [2.24, 2.45) is 5.73 Å². The van der Waals surface area contributed by atoms with Crippen LogP contribution in [0.1, 0.15) is 18.4 Å². The molecule has 0 spiro atoms. The molecule has 1 aromatic carbocycles. The van der Waals surface area contributed by atoms with Gasteiger partial charge >= 0.3 is 0 Å². The van der Waals surface area contributed by atoms with E-state index in [0.717, 1.165) is 30.6 Å². The van der Waals surface area contributed by atoms with E-state index in [1.54, 1.807) is 0 Å². The quantitative estimate of drug-likeness (QED) is 0.920. The monoisotopic (exact) mass is 279 g/mol. The fourth-order valence-corrected chi connectivity index (χ4v) is 3.71. The molecule has 0 aromatic heterocycles. The van der Waals surface area contributed by atoms with Gasteiger partial charge in [0, 0.05) is 36.4 Å². The van der Waals surface area contributed by atoms with E-state index in [2.05, 4.69) is 21.9 Å². The van der Waals surface area contributed by atoms with Gasteiger partial charge in [0.15, 0.2) is 0 Å². The Morgan fingerprint density at radius 1 is 1.26 bits per heavy atom. The Hall–Kier alpha value is -0.770. The van der Waals surface area contributed by atoms with Crippen molar-refractivity contribution in [3.8, 4) is 0 Å². The Kier molecular flexibility index (Phi) is 3.96. The molecule has 1 aromatic rings. The van der Waals surface area contributed by atoms with Gasteiger partial charge in [-0.25, -0.2) is 0 Å². The zero-order valence-corrected chi connectivity index (χ0v) is 12.1. The first-order valence-electron chi connectivity index (χ1n) is 7.26. The minimum Gasteiger partial charge on any atom is -0.368 e. The van der Waals surface area contributed by atoms with E-state index in [1.807, 2.05) is 6.07 Å². The highest BCUT2D eigenvalue weighted by Crippen LogP contribution is 2.31. The molecule has 0 aliphatic carbocycles. The van der Waals surface area contributed by atoms with E-state index in [9.17, 15) is 0 Å². The highest BCUT2D eigenvalue weighted by atomic mass is 35.5. The fraction of sp³-hybridized carbons (Fsp3) is 0.600. The van der Waals surface area contributed by atoms with Gasteiger partial charge in [0.2, 0.25) is 0 Å². The third kappa shape index (κ3) is 2.60. The van der Waals surface area contributed by atoms with Crippen molar-refractivity contribution in [2.45, 2.75) is 25.3 Å². The number of rotatable bonds is 3. The fourth-order valence-electron chi connectivity index (χ4n) is 3.45. The Labute approximate surface area is 120 Å². The van der Waals surface area contributed by atoms with E-state index >= 15 is 0 Å². The van der Waals surface area contributed by atoms with Crippen LogP contribution in [0.5, 0.6) is 0 Å². The average molecular weight is 280 g/mol. The molecule has 2 aliphatic rings. The lowest BCUT2D eigenvalue weighted by atomic mass is 10.1. The molecule has 104 valence electrons. The zero-order valence-electron chi connectivity index (χ0n) is 11.3. The maximum absolute atomic E-state index is 6.35. The van der Waals surface area contributed by atoms with Crippen molar-refractivity contribution in [2.75, 3.05) is 37.6 Å². The predicted molar refractivity (Wildman–Crippen MR) is 81.0 cm³/mol. The lowest BCUT2D eigenvalue weighted by molar-refractivity contribution is 0.231. The number of nitrogens with two attached hydrogens (primary N) is 1. The maximum Gasteiger partial charge on any atom is 0.0459 e. The second-order valence-electron chi connectivity index (χ2n) is 5.55. The Bertz CT molecular complexity index is 449. The normalized spacial score (nSPS) is 23.7. The van der Waals surface area contributed by atoms with Crippen molar-refractivity contribution in [3.63, 3.8) is 0 Å². The van der Waals surface area contributed by atoms with Crippen molar-refractivity contribution >= 4 is 17.3 Å². The third-order valence-corrected chi connectivity index (χ3v) is 4.77. The van der Waals surface area contributed by atoms with Crippen LogP contribution in [0, 0.1) is 0 Å². The molecule has 2 saturated heterocycles. The van der Waals surface area contributed by atoms with Crippen molar-refractivity contribution in [1.29, 1.82) is 0 Å². The topological polar surface area (TPSA) is 32.5 Å². The van der Waals surface area contributed by atoms with Gasteiger partial charge in [-0.15, -0.1) is 0 Å². The number of benzene rings is 1. The highest BCUT2D eigenvalue weighted by Gasteiger charge is 2.31. The van der Waals surface area contributed by atoms with E-state index < -0.39 is 0 Å². The summed E-state index contributed by atoms with van der Waals surface area (Å²) in [5.74, 6) is 0. The molecule has 19 heavy (non-hydrogen) atoms. The summed E-state index contributed by atoms with van der Waals surface area (Å²) >= 11 is 6.35. The number of hydrogen-bond acceptors (Lipinski definition) is 3. The first kappa shape index (κ1) is 13.2. The molecule has 0 radical (unpaired) electrons. The van der Waals surface area contributed by atoms with Crippen LogP contribution < -0.4 is 10.6 Å². The summed E-state index contributed by atoms with van der Waals surface area (Å²) in [7, 11) is 0. The summed E-state index contributed by atoms with van der Waals surface area (Å²) < 4.78 is 0. The molecular weight excluding hydrogens is 258 g/mol. The SMILES string of the molecule is NCCc1c(Cl)cccc1N1CCN2CCCC2C1. The zero-order chi connectivity index (χ0) is 13.2. The predicted octanol–water partition coefficient (Wildman–Crippen LogP) is 2.13. The van der Waals surface area contributed by atoms with Crippen molar-refractivity contribution in [3.05, 3.63) is 28.8 Å². The Balaban J connectivity index is 1.83. The molecule has 0 bridgehead atoms. The molecule has 1 atom stereocenters. The van der Waals surface area contributed by atoms with Gasteiger partial charge in [0.1, 0.15) is 0 Å². The minimum atomic E-state index is 0.653. The Morgan fingerprint density at radius 2 is 2.16 bits per heavy atom. The molecular formula is C15H22ClN3. The average Bonchev–Trinajstić information content (AvgIpc) is 2.88. The van der Waals surface area contributed by atoms with Crippen LogP contribution >= 0.6 is 11.6 Å². The van der Waals surface area contributed by atoms with Gasteiger partial charge in [0.05, 0.1) is 0 Å². The number of nitrogens with zero attached hydrogens (tertiary/aromatic N) is 2. The summed E-state index contributed by atoms with van der Waals surface area (Å²) in [6.07, 6.45) is 3.55. The molecule has 3 nitrogen and oxygen atoms in total.